The zero-order valence-electron chi connectivity index (χ0n) is 16.6. The first kappa shape index (κ1) is 26.1. The highest BCUT2D eigenvalue weighted by Gasteiger charge is 2.20. The van der Waals surface area contributed by atoms with Crippen LogP contribution in [-0.4, -0.2) is 37.3 Å². The van der Waals surface area contributed by atoms with Crippen molar-refractivity contribution in [2.24, 2.45) is 5.73 Å². The second-order valence-electron chi connectivity index (χ2n) is 6.44. The van der Waals surface area contributed by atoms with Crippen LogP contribution in [0.2, 0.25) is 0 Å². The number of hydrogen-bond donors (Lipinski definition) is 2. The predicted octanol–water partition coefficient (Wildman–Crippen LogP) is 5.13. The van der Waals surface area contributed by atoms with Gasteiger partial charge in [-0.25, -0.2) is 0 Å². The van der Waals surface area contributed by atoms with Crippen molar-refractivity contribution in [2.45, 2.75) is 13.3 Å². The molecule has 9 heteroatoms. The van der Waals surface area contributed by atoms with Crippen molar-refractivity contribution >= 4 is 63.8 Å². The third kappa shape index (κ3) is 5.59. The molecule has 0 aliphatic carbocycles. The van der Waals surface area contributed by atoms with Gasteiger partial charge in [0, 0.05) is 33.5 Å². The summed E-state index contributed by atoms with van der Waals surface area (Å²) in [7, 11) is 7.73. The van der Waals surface area contributed by atoms with Gasteiger partial charge in [0.1, 0.15) is 12.0 Å². The van der Waals surface area contributed by atoms with Crippen molar-refractivity contribution in [1.29, 1.82) is 0 Å². The van der Waals surface area contributed by atoms with E-state index in [-0.39, 0.29) is 9.41 Å². The Morgan fingerprint density at radius 3 is 2.57 bits per heavy atom. The lowest BCUT2D eigenvalue weighted by Gasteiger charge is -2.08. The normalized spacial score (nSPS) is 14.4. The first-order chi connectivity index (χ1) is 13.4. The first-order valence-electron chi connectivity index (χ1n) is 8.84. The van der Waals surface area contributed by atoms with Crippen molar-refractivity contribution in [2.75, 3.05) is 13.7 Å². The zero-order chi connectivity index (χ0) is 20.3. The topological polar surface area (TPSA) is 54.0 Å². The molecular formula is C21H23BBr2F2N3O+. The van der Waals surface area contributed by atoms with Gasteiger partial charge in [-0.3, -0.25) is 13.9 Å². The maximum atomic E-state index is 6.07. The second-order valence-corrected chi connectivity index (χ2v) is 8.21. The third-order valence-electron chi connectivity index (χ3n) is 4.50. The number of nitrogens with two attached hydrogens (primary N) is 1. The van der Waals surface area contributed by atoms with Crippen molar-refractivity contribution in [3.63, 3.8) is 0 Å². The Kier molecular flexibility index (Phi) is 9.94. The highest BCUT2D eigenvalue weighted by Crippen LogP contribution is 2.34. The summed E-state index contributed by atoms with van der Waals surface area (Å²) in [4.78, 5) is 3.51. The molecule has 1 aliphatic heterocycles. The van der Waals surface area contributed by atoms with E-state index in [0.717, 1.165) is 54.9 Å². The molecule has 3 rings (SSSR count). The Bertz CT molecular complexity index is 1030. The zero-order valence-corrected chi connectivity index (χ0v) is 19.8. The number of H-pyrrole nitrogens is 1. The summed E-state index contributed by atoms with van der Waals surface area (Å²) in [5.41, 5.74) is 12.1. The van der Waals surface area contributed by atoms with Crippen LogP contribution in [0.25, 0.3) is 17.7 Å². The standard InChI is InChI=1S/C21H21BBr2N3O.2FH/c1-13-10-16(6-5-14-11-15(23)12-18(24)21(14)28-2)26-20(13)17(7-8-25)19-4-3-9-27(19)22;;/h3-6,9-12,26H,7-8,25H2,1-2H3;2*1H/q+1;;/b6-5+;;. The summed E-state index contributed by atoms with van der Waals surface area (Å²) in [6.45, 7) is 2.63. The largest absolute Gasteiger partial charge is 0.586 e. The number of nitrogens with one attached hydrogen (secondary N) is 1. The fourth-order valence-corrected chi connectivity index (χ4v) is 4.68. The van der Waals surface area contributed by atoms with Crippen LogP contribution in [0.1, 0.15) is 28.9 Å². The molecule has 0 atom stereocenters. The van der Waals surface area contributed by atoms with Gasteiger partial charge in [0.15, 0.2) is 5.70 Å². The van der Waals surface area contributed by atoms with E-state index in [0.29, 0.717) is 6.54 Å². The molecule has 2 radical (unpaired) electrons. The molecule has 0 amide bonds. The molecule has 4 nitrogen and oxygen atoms in total. The minimum absolute atomic E-state index is 0. The molecule has 0 saturated heterocycles. The predicted molar refractivity (Wildman–Crippen MR) is 130 cm³/mol. The fourth-order valence-electron chi connectivity index (χ4n) is 3.26. The molecule has 0 bridgehead atoms. The Hall–Kier alpha value is -1.97. The van der Waals surface area contributed by atoms with E-state index in [4.69, 9.17) is 18.5 Å². The van der Waals surface area contributed by atoms with E-state index in [1.54, 1.807) is 11.6 Å². The van der Waals surface area contributed by atoms with Crippen molar-refractivity contribution in [1.82, 2.24) is 4.98 Å². The number of ether oxygens (including phenoxy) is 1. The molecule has 0 unspecified atom stereocenters. The molecule has 1 aromatic heterocycles. The van der Waals surface area contributed by atoms with Gasteiger partial charge in [0.2, 0.25) is 0 Å². The third-order valence-corrected chi connectivity index (χ3v) is 5.55. The van der Waals surface area contributed by atoms with Gasteiger partial charge in [0.05, 0.1) is 17.3 Å². The number of aromatic nitrogens is 1. The van der Waals surface area contributed by atoms with E-state index in [1.165, 1.54) is 0 Å². The molecule has 158 valence electrons. The summed E-state index contributed by atoms with van der Waals surface area (Å²) in [6.07, 6.45) is 10.6. The van der Waals surface area contributed by atoms with Gasteiger partial charge in [-0.2, -0.15) is 0 Å². The van der Waals surface area contributed by atoms with E-state index >= 15 is 0 Å². The number of methoxy groups -OCH3 is 1. The lowest BCUT2D eigenvalue weighted by atomic mass is 10.0. The average molecular weight is 542 g/mol. The molecule has 2 heterocycles. The number of aryl methyl sites for hydroxylation is 1. The average Bonchev–Trinajstić information content (AvgIpc) is 3.23. The number of benzene rings is 1. The van der Waals surface area contributed by atoms with Gasteiger partial charge >= 0.3 is 7.98 Å². The Morgan fingerprint density at radius 1 is 1.23 bits per heavy atom. The quantitative estimate of drug-likeness (QED) is 0.498. The van der Waals surface area contributed by atoms with Crippen LogP contribution in [0.3, 0.4) is 0 Å². The van der Waals surface area contributed by atoms with Crippen LogP contribution < -0.4 is 10.5 Å². The minimum Gasteiger partial charge on any atom is -0.495 e. The summed E-state index contributed by atoms with van der Waals surface area (Å²) < 4.78 is 9.02. The SMILES string of the molecule is F.F.[B][N+]1=CC=CC1=C(CCN)c1[nH]c(/C=C/c2cc(Br)cc(Br)c2OC)cc1C. The van der Waals surface area contributed by atoms with Crippen LogP contribution in [0.15, 0.2) is 45.0 Å². The number of hydrogen-bond acceptors (Lipinski definition) is 2. The van der Waals surface area contributed by atoms with Gasteiger partial charge in [-0.1, -0.05) is 15.9 Å². The number of nitrogens with zero attached hydrogens (tertiary/aromatic N) is 1. The fraction of sp³-hybridized carbons (Fsp3) is 0.190. The highest BCUT2D eigenvalue weighted by molar-refractivity contribution is 9.11. The van der Waals surface area contributed by atoms with E-state index in [1.807, 2.05) is 42.7 Å². The molecule has 30 heavy (non-hydrogen) atoms. The Labute approximate surface area is 193 Å². The monoisotopic (exact) mass is 540 g/mol. The van der Waals surface area contributed by atoms with Gasteiger partial charge in [0.25, 0.3) is 0 Å². The van der Waals surface area contributed by atoms with Gasteiger partial charge < -0.3 is 15.5 Å². The van der Waals surface area contributed by atoms with Crippen LogP contribution in [0.4, 0.5) is 9.41 Å². The van der Waals surface area contributed by atoms with E-state index < -0.39 is 0 Å². The molecule has 1 aromatic carbocycles. The van der Waals surface area contributed by atoms with Crippen LogP contribution in [-0.2, 0) is 0 Å². The second kappa shape index (κ2) is 11.4. The van der Waals surface area contributed by atoms with Gasteiger partial charge in [-0.05, 0) is 71.7 Å². The lowest BCUT2D eigenvalue weighted by Crippen LogP contribution is -2.09. The number of halogens is 4. The summed E-state index contributed by atoms with van der Waals surface area (Å²) in [5.74, 6) is 0.791. The number of aromatic amines is 1. The maximum absolute atomic E-state index is 6.07. The molecule has 2 aromatic rings. The van der Waals surface area contributed by atoms with Crippen molar-refractivity contribution in [3.05, 3.63) is 67.5 Å². The van der Waals surface area contributed by atoms with E-state index in [9.17, 15) is 0 Å². The molecule has 0 spiro atoms. The molecular weight excluding hydrogens is 519 g/mol. The van der Waals surface area contributed by atoms with E-state index in [2.05, 4.69) is 49.8 Å². The maximum Gasteiger partial charge on any atom is 0.586 e. The molecule has 3 N–H and O–H groups in total. The molecule has 1 aliphatic rings. The van der Waals surface area contributed by atoms with Crippen molar-refractivity contribution in [3.8, 4) is 5.75 Å². The number of rotatable bonds is 6. The molecule has 0 saturated carbocycles. The van der Waals surface area contributed by atoms with Crippen LogP contribution in [0, 0.1) is 6.92 Å². The van der Waals surface area contributed by atoms with Crippen molar-refractivity contribution < 1.29 is 18.6 Å². The first-order valence-corrected chi connectivity index (χ1v) is 10.4. The highest BCUT2D eigenvalue weighted by atomic mass is 79.9. The number of allylic oxidation sites excluding steroid dienone is 2. The minimum atomic E-state index is 0. The lowest BCUT2D eigenvalue weighted by molar-refractivity contribution is -0.294. The molecule has 0 fully saturated rings. The van der Waals surface area contributed by atoms with Crippen LogP contribution >= 0.6 is 31.9 Å². The summed E-state index contributed by atoms with van der Waals surface area (Å²) >= 11 is 7.07. The smallest absolute Gasteiger partial charge is 0.495 e. The Balaban J connectivity index is 0.00000225. The Morgan fingerprint density at radius 2 is 1.97 bits per heavy atom. The summed E-state index contributed by atoms with van der Waals surface area (Å²) in [6, 6.07) is 6.10. The van der Waals surface area contributed by atoms with Gasteiger partial charge in [-0.15, -0.1) is 0 Å². The van der Waals surface area contributed by atoms with Crippen LogP contribution in [0.5, 0.6) is 5.75 Å². The summed E-state index contributed by atoms with van der Waals surface area (Å²) in [5, 5.41) is 0.